The molecular formula is C17H18F5N3O4. The number of ether oxygens (including phenoxy) is 1. The van der Waals surface area contributed by atoms with Gasteiger partial charge in [0, 0.05) is 7.05 Å². The molecule has 2 rings (SSSR count). The Hall–Kier alpha value is -2.92. The highest BCUT2D eigenvalue weighted by molar-refractivity contribution is 6.04. The molecule has 1 aromatic carbocycles. The molecule has 0 saturated carbocycles. The fraction of sp³-hybridized carbons (Fsp3) is 0.471. The summed E-state index contributed by atoms with van der Waals surface area (Å²) < 4.78 is 67.7. The number of alkyl halides is 5. The Bertz CT molecular complexity index is 800. The molecule has 0 spiro atoms. The van der Waals surface area contributed by atoms with Crippen LogP contribution >= 0.6 is 0 Å². The highest BCUT2D eigenvalue weighted by Gasteiger charge is 2.57. The summed E-state index contributed by atoms with van der Waals surface area (Å²) in [5, 5.41) is 3.65. The van der Waals surface area contributed by atoms with Crippen LogP contribution in [-0.4, -0.2) is 56.1 Å². The molecule has 1 aliphatic rings. The molecular weight excluding hydrogens is 405 g/mol. The molecule has 12 heteroatoms. The molecule has 29 heavy (non-hydrogen) atoms. The van der Waals surface area contributed by atoms with E-state index < -0.39 is 48.3 Å². The van der Waals surface area contributed by atoms with E-state index in [9.17, 15) is 36.3 Å². The van der Waals surface area contributed by atoms with Gasteiger partial charge in [-0.3, -0.25) is 14.4 Å². The maximum atomic E-state index is 12.9. The first-order valence-corrected chi connectivity index (χ1v) is 8.37. The number of rotatable bonds is 5. The van der Waals surface area contributed by atoms with Crippen LogP contribution in [0.4, 0.5) is 27.6 Å². The average molecular weight is 423 g/mol. The van der Waals surface area contributed by atoms with Crippen LogP contribution in [-0.2, 0) is 14.4 Å². The molecule has 0 radical (unpaired) electrons. The van der Waals surface area contributed by atoms with Crippen molar-refractivity contribution >= 4 is 23.4 Å². The number of fused-ring (bicyclic) bond motifs is 1. The summed E-state index contributed by atoms with van der Waals surface area (Å²) in [4.78, 5) is 37.7. The maximum Gasteiger partial charge on any atom is 0.455 e. The Labute approximate surface area is 162 Å². The second-order valence-corrected chi connectivity index (χ2v) is 6.38. The number of anilines is 1. The quantitative estimate of drug-likeness (QED) is 0.555. The van der Waals surface area contributed by atoms with Gasteiger partial charge in [0.1, 0.15) is 24.3 Å². The second-order valence-electron chi connectivity index (χ2n) is 6.38. The molecule has 2 atom stereocenters. The number of hydrogen-bond donors (Lipinski definition) is 2. The lowest BCUT2D eigenvalue weighted by Crippen LogP contribution is -2.53. The van der Waals surface area contributed by atoms with Gasteiger partial charge in [0.2, 0.25) is 11.8 Å². The Balaban J connectivity index is 1.99. The molecule has 7 nitrogen and oxygen atoms in total. The first-order chi connectivity index (χ1) is 13.3. The smallest absolute Gasteiger partial charge is 0.455 e. The number of likely N-dealkylation sites (N-methyl/N-ethyl adjacent to an activating group) is 1. The standard InChI is InChI=1S/C17H18F5N3O4/c1-9(13(26)23-8-16(18,19)17(20,21)22)14(27)24-10-7-29-12-6-4-3-5-11(12)25(2)15(10)28/h3-6,9-10H,7-8H2,1-2H3,(H,23,26)(H,24,27)/t9?,10-/m0/s1. The third-order valence-corrected chi connectivity index (χ3v) is 4.26. The summed E-state index contributed by atoms with van der Waals surface area (Å²) in [6, 6.07) is 5.40. The summed E-state index contributed by atoms with van der Waals surface area (Å²) in [7, 11) is 1.45. The van der Waals surface area contributed by atoms with Crippen LogP contribution in [0.1, 0.15) is 6.92 Å². The zero-order chi connectivity index (χ0) is 22.0. The van der Waals surface area contributed by atoms with Crippen LogP contribution in [0.2, 0.25) is 0 Å². The van der Waals surface area contributed by atoms with Gasteiger partial charge in [-0.2, -0.15) is 22.0 Å². The highest BCUT2D eigenvalue weighted by Crippen LogP contribution is 2.34. The highest BCUT2D eigenvalue weighted by atomic mass is 19.4. The van der Waals surface area contributed by atoms with E-state index in [1.54, 1.807) is 24.3 Å². The van der Waals surface area contributed by atoms with E-state index in [1.165, 1.54) is 17.3 Å². The van der Waals surface area contributed by atoms with Crippen molar-refractivity contribution in [2.24, 2.45) is 5.92 Å². The van der Waals surface area contributed by atoms with E-state index in [2.05, 4.69) is 5.32 Å². The number of hydrogen-bond acceptors (Lipinski definition) is 4. The van der Waals surface area contributed by atoms with Gasteiger partial charge in [-0.15, -0.1) is 0 Å². The third kappa shape index (κ3) is 4.93. The molecule has 160 valence electrons. The molecule has 3 amide bonds. The summed E-state index contributed by atoms with van der Waals surface area (Å²) >= 11 is 0. The van der Waals surface area contributed by atoms with Gasteiger partial charge in [-0.25, -0.2) is 0 Å². The van der Waals surface area contributed by atoms with E-state index in [1.807, 2.05) is 0 Å². The van der Waals surface area contributed by atoms with Crippen molar-refractivity contribution in [1.29, 1.82) is 0 Å². The summed E-state index contributed by atoms with van der Waals surface area (Å²) in [6.07, 6.45) is -5.84. The second kappa shape index (κ2) is 8.21. The van der Waals surface area contributed by atoms with Crippen molar-refractivity contribution in [3.8, 4) is 5.75 Å². The predicted octanol–water partition coefficient (Wildman–Crippen LogP) is 1.48. The molecule has 0 aromatic heterocycles. The first kappa shape index (κ1) is 22.4. The van der Waals surface area contributed by atoms with E-state index >= 15 is 0 Å². The normalized spacial score (nSPS) is 18.2. The minimum Gasteiger partial charge on any atom is -0.489 e. The molecule has 0 fully saturated rings. The number of amides is 3. The van der Waals surface area contributed by atoms with Crippen LogP contribution in [0.25, 0.3) is 0 Å². The van der Waals surface area contributed by atoms with Gasteiger partial charge in [0.25, 0.3) is 5.91 Å². The molecule has 1 unspecified atom stereocenters. The van der Waals surface area contributed by atoms with E-state index in [0.717, 1.165) is 6.92 Å². The molecule has 0 saturated heterocycles. The lowest BCUT2D eigenvalue weighted by atomic mass is 10.1. The molecule has 0 bridgehead atoms. The minimum atomic E-state index is -5.84. The number of nitrogens with one attached hydrogen (secondary N) is 2. The van der Waals surface area contributed by atoms with Crippen LogP contribution < -0.4 is 20.3 Å². The van der Waals surface area contributed by atoms with Gasteiger partial charge in [-0.05, 0) is 19.1 Å². The van der Waals surface area contributed by atoms with Crippen molar-refractivity contribution in [2.45, 2.75) is 25.1 Å². The van der Waals surface area contributed by atoms with Crippen molar-refractivity contribution in [3.63, 3.8) is 0 Å². The van der Waals surface area contributed by atoms with Gasteiger partial charge >= 0.3 is 12.1 Å². The Morgan fingerprint density at radius 2 is 1.83 bits per heavy atom. The van der Waals surface area contributed by atoms with Crippen molar-refractivity contribution in [2.75, 3.05) is 25.1 Å². The molecule has 2 N–H and O–H groups in total. The van der Waals surface area contributed by atoms with Gasteiger partial charge < -0.3 is 20.3 Å². The Morgan fingerprint density at radius 3 is 2.45 bits per heavy atom. The molecule has 1 heterocycles. The van der Waals surface area contributed by atoms with Gasteiger partial charge in [-0.1, -0.05) is 12.1 Å². The number of para-hydroxylation sites is 2. The van der Waals surface area contributed by atoms with Crippen molar-refractivity contribution in [1.82, 2.24) is 10.6 Å². The third-order valence-electron chi connectivity index (χ3n) is 4.26. The number of benzene rings is 1. The number of halogens is 5. The van der Waals surface area contributed by atoms with Crippen LogP contribution in [0.3, 0.4) is 0 Å². The summed E-state index contributed by atoms with van der Waals surface area (Å²) in [5.74, 6) is -9.30. The van der Waals surface area contributed by atoms with Crippen LogP contribution in [0.15, 0.2) is 24.3 Å². The number of nitrogens with zero attached hydrogens (tertiary/aromatic N) is 1. The SMILES string of the molecule is CC(C(=O)NCC(F)(F)C(F)(F)F)C(=O)N[C@H]1COc2ccccc2N(C)C1=O. The van der Waals surface area contributed by atoms with Gasteiger partial charge in [0.15, 0.2) is 0 Å². The lowest BCUT2D eigenvalue weighted by molar-refractivity contribution is -0.278. The van der Waals surface area contributed by atoms with Crippen LogP contribution in [0.5, 0.6) is 5.75 Å². The maximum absolute atomic E-state index is 12.9. The predicted molar refractivity (Wildman–Crippen MR) is 90.5 cm³/mol. The fourth-order valence-electron chi connectivity index (χ4n) is 2.42. The Morgan fingerprint density at radius 1 is 1.21 bits per heavy atom. The molecule has 0 aliphatic carbocycles. The minimum absolute atomic E-state index is 0.258. The Kier molecular flexibility index (Phi) is 6.34. The van der Waals surface area contributed by atoms with E-state index in [4.69, 9.17) is 4.74 Å². The molecule has 1 aromatic rings. The van der Waals surface area contributed by atoms with Gasteiger partial charge in [0.05, 0.1) is 12.2 Å². The fourth-order valence-corrected chi connectivity index (χ4v) is 2.42. The largest absolute Gasteiger partial charge is 0.489 e. The lowest BCUT2D eigenvalue weighted by Gasteiger charge is -2.23. The number of carbonyl (C=O) groups excluding carboxylic acids is 3. The zero-order valence-electron chi connectivity index (χ0n) is 15.3. The van der Waals surface area contributed by atoms with E-state index in [0.29, 0.717) is 11.4 Å². The van der Waals surface area contributed by atoms with Crippen molar-refractivity contribution in [3.05, 3.63) is 24.3 Å². The van der Waals surface area contributed by atoms with Crippen molar-refractivity contribution < 1.29 is 41.1 Å². The monoisotopic (exact) mass is 423 g/mol. The molecule has 1 aliphatic heterocycles. The first-order valence-electron chi connectivity index (χ1n) is 8.37. The summed E-state index contributed by atoms with van der Waals surface area (Å²) in [6.45, 7) is -1.25. The zero-order valence-corrected chi connectivity index (χ0v) is 15.3. The summed E-state index contributed by atoms with van der Waals surface area (Å²) in [5.41, 5.74) is 0.453. The topological polar surface area (TPSA) is 87.7 Å². The van der Waals surface area contributed by atoms with Crippen LogP contribution in [0, 0.1) is 5.92 Å². The van der Waals surface area contributed by atoms with E-state index in [-0.39, 0.29) is 6.61 Å². The average Bonchev–Trinajstić information content (AvgIpc) is 2.77. The number of carbonyl (C=O) groups is 3.